The predicted molar refractivity (Wildman–Crippen MR) is 119 cm³/mol. The molecule has 0 fully saturated rings. The van der Waals surface area contributed by atoms with Crippen LogP contribution in [0.5, 0.6) is 0 Å². The molecule has 1 N–H and O–H groups in total. The number of fused-ring (bicyclic) bond motifs is 1. The highest BCUT2D eigenvalue weighted by molar-refractivity contribution is 5.42. The second-order valence-electron chi connectivity index (χ2n) is 8.11. The van der Waals surface area contributed by atoms with E-state index in [1.165, 1.54) is 34.5 Å². The van der Waals surface area contributed by atoms with Crippen molar-refractivity contribution in [3.63, 3.8) is 0 Å². The van der Waals surface area contributed by atoms with Crippen LogP contribution in [0.15, 0.2) is 67.1 Å². The summed E-state index contributed by atoms with van der Waals surface area (Å²) in [4.78, 5) is 4.48. The van der Waals surface area contributed by atoms with Crippen molar-refractivity contribution < 1.29 is 0 Å². The molecule has 0 saturated carbocycles. The third-order valence-corrected chi connectivity index (χ3v) is 6.18. The molecule has 152 valence electrons. The van der Waals surface area contributed by atoms with Gasteiger partial charge in [-0.05, 0) is 80.6 Å². The standard InChI is InChI=1S/C25H27N5/c1-18-11-12-20(15-19(18)2)30-24-9-5-8-23(22(24)17-28-30)27-16-21-7-6-14-29(21)25-10-3-4-13-26-25/h3-4,6-7,10-15,17,23,27H,5,8-9,16H2,1-2H3/t23-/m0/s1. The molecule has 4 aromatic rings. The van der Waals surface area contributed by atoms with Gasteiger partial charge in [-0.15, -0.1) is 0 Å². The Morgan fingerprint density at radius 2 is 2.00 bits per heavy atom. The van der Waals surface area contributed by atoms with Crippen molar-refractivity contribution in [3.8, 4) is 11.5 Å². The lowest BCUT2D eigenvalue weighted by Crippen LogP contribution is -2.26. The molecule has 0 aliphatic heterocycles. The first-order chi connectivity index (χ1) is 14.7. The van der Waals surface area contributed by atoms with Crippen LogP contribution in [0.4, 0.5) is 0 Å². The summed E-state index contributed by atoms with van der Waals surface area (Å²) in [5.41, 5.74) is 7.65. The Labute approximate surface area is 177 Å². The van der Waals surface area contributed by atoms with Crippen LogP contribution >= 0.6 is 0 Å². The third kappa shape index (κ3) is 3.46. The van der Waals surface area contributed by atoms with Gasteiger partial charge >= 0.3 is 0 Å². The van der Waals surface area contributed by atoms with Gasteiger partial charge in [0.2, 0.25) is 0 Å². The predicted octanol–water partition coefficient (Wildman–Crippen LogP) is 4.84. The first kappa shape index (κ1) is 18.8. The summed E-state index contributed by atoms with van der Waals surface area (Å²) in [6.45, 7) is 5.11. The lowest BCUT2D eigenvalue weighted by atomic mass is 9.92. The summed E-state index contributed by atoms with van der Waals surface area (Å²) in [6.07, 6.45) is 9.34. The Balaban J connectivity index is 1.37. The van der Waals surface area contributed by atoms with Crippen LogP contribution in [0, 0.1) is 13.8 Å². The first-order valence-corrected chi connectivity index (χ1v) is 10.7. The molecule has 1 aromatic carbocycles. The lowest BCUT2D eigenvalue weighted by Gasteiger charge is -2.24. The van der Waals surface area contributed by atoms with Crippen molar-refractivity contribution in [3.05, 3.63) is 95.2 Å². The van der Waals surface area contributed by atoms with Gasteiger partial charge in [0.1, 0.15) is 5.82 Å². The van der Waals surface area contributed by atoms with E-state index < -0.39 is 0 Å². The van der Waals surface area contributed by atoms with Crippen molar-refractivity contribution in [1.29, 1.82) is 0 Å². The van der Waals surface area contributed by atoms with Crippen LogP contribution in [0.25, 0.3) is 11.5 Å². The number of hydrogen-bond donors (Lipinski definition) is 1. The minimum Gasteiger partial charge on any atom is -0.304 e. The summed E-state index contributed by atoms with van der Waals surface area (Å²) < 4.78 is 4.28. The average molecular weight is 398 g/mol. The van der Waals surface area contributed by atoms with Gasteiger partial charge in [-0.2, -0.15) is 5.10 Å². The van der Waals surface area contributed by atoms with Crippen LogP contribution in [0.2, 0.25) is 0 Å². The van der Waals surface area contributed by atoms with Gasteiger partial charge in [0.05, 0.1) is 11.9 Å². The maximum absolute atomic E-state index is 4.76. The molecular weight excluding hydrogens is 370 g/mol. The number of aryl methyl sites for hydroxylation is 2. The van der Waals surface area contributed by atoms with Crippen molar-refractivity contribution in [2.75, 3.05) is 0 Å². The van der Waals surface area contributed by atoms with Gasteiger partial charge in [0.15, 0.2) is 0 Å². The Morgan fingerprint density at radius 1 is 1.07 bits per heavy atom. The van der Waals surface area contributed by atoms with E-state index >= 15 is 0 Å². The topological polar surface area (TPSA) is 47.7 Å². The summed E-state index contributed by atoms with van der Waals surface area (Å²) >= 11 is 0. The maximum atomic E-state index is 4.76. The van der Waals surface area contributed by atoms with Gasteiger partial charge in [0.25, 0.3) is 0 Å². The monoisotopic (exact) mass is 397 g/mol. The van der Waals surface area contributed by atoms with Gasteiger partial charge < -0.3 is 9.88 Å². The number of hydrogen-bond acceptors (Lipinski definition) is 3. The molecule has 0 saturated heterocycles. The smallest absolute Gasteiger partial charge is 0.136 e. The van der Waals surface area contributed by atoms with Crippen LogP contribution in [0.3, 0.4) is 0 Å². The molecule has 0 radical (unpaired) electrons. The molecule has 30 heavy (non-hydrogen) atoms. The Bertz CT molecular complexity index is 1160. The zero-order valence-electron chi connectivity index (χ0n) is 17.5. The normalized spacial score (nSPS) is 15.9. The average Bonchev–Trinajstić information content (AvgIpc) is 3.42. The first-order valence-electron chi connectivity index (χ1n) is 10.7. The number of nitrogens with one attached hydrogen (secondary N) is 1. The molecule has 1 aliphatic carbocycles. The van der Waals surface area contributed by atoms with E-state index in [-0.39, 0.29) is 0 Å². The minimum absolute atomic E-state index is 0.320. The van der Waals surface area contributed by atoms with Gasteiger partial charge in [0, 0.05) is 41.9 Å². The Kier molecular flexibility index (Phi) is 4.97. The molecule has 3 aromatic heterocycles. The molecule has 5 heteroatoms. The molecule has 3 heterocycles. The quantitative estimate of drug-likeness (QED) is 0.524. The van der Waals surface area contributed by atoms with Gasteiger partial charge in [-0.3, -0.25) is 0 Å². The highest BCUT2D eigenvalue weighted by Gasteiger charge is 2.24. The number of aromatic nitrogens is 4. The Hall–Kier alpha value is -3.18. The molecule has 0 spiro atoms. The van der Waals surface area contributed by atoms with Crippen LogP contribution < -0.4 is 5.32 Å². The molecule has 0 unspecified atom stereocenters. The van der Waals surface area contributed by atoms with Crippen molar-refractivity contribution >= 4 is 0 Å². The number of rotatable bonds is 5. The van der Waals surface area contributed by atoms with E-state index in [4.69, 9.17) is 5.10 Å². The molecule has 1 atom stereocenters. The molecule has 5 nitrogen and oxygen atoms in total. The van der Waals surface area contributed by atoms with E-state index in [0.29, 0.717) is 6.04 Å². The van der Waals surface area contributed by atoms with Gasteiger partial charge in [-0.25, -0.2) is 9.67 Å². The molecule has 0 bridgehead atoms. The number of nitrogens with zero attached hydrogens (tertiary/aromatic N) is 4. The molecule has 1 aliphatic rings. The summed E-state index contributed by atoms with van der Waals surface area (Å²) in [7, 11) is 0. The number of benzene rings is 1. The minimum atomic E-state index is 0.320. The fourth-order valence-electron chi connectivity index (χ4n) is 4.36. The lowest BCUT2D eigenvalue weighted by molar-refractivity contribution is 0.450. The van der Waals surface area contributed by atoms with Crippen LogP contribution in [0.1, 0.15) is 47.0 Å². The van der Waals surface area contributed by atoms with Gasteiger partial charge in [-0.1, -0.05) is 12.1 Å². The van der Waals surface area contributed by atoms with E-state index in [9.17, 15) is 0 Å². The van der Waals surface area contributed by atoms with E-state index in [1.807, 2.05) is 24.4 Å². The SMILES string of the molecule is Cc1ccc(-n2ncc3c2CCC[C@@H]3NCc2cccn2-c2ccccn2)cc1C. The van der Waals surface area contributed by atoms with E-state index in [2.05, 4.69) is 76.1 Å². The zero-order valence-corrected chi connectivity index (χ0v) is 17.5. The summed E-state index contributed by atoms with van der Waals surface area (Å²) in [6, 6.07) is 17.2. The molecule has 0 amide bonds. The second-order valence-corrected chi connectivity index (χ2v) is 8.11. The van der Waals surface area contributed by atoms with Crippen molar-refractivity contribution in [2.45, 2.75) is 45.7 Å². The zero-order chi connectivity index (χ0) is 20.5. The summed E-state index contributed by atoms with van der Waals surface area (Å²) in [5.74, 6) is 0.950. The Morgan fingerprint density at radius 3 is 2.83 bits per heavy atom. The van der Waals surface area contributed by atoms with E-state index in [0.717, 1.165) is 30.9 Å². The highest BCUT2D eigenvalue weighted by atomic mass is 15.3. The highest BCUT2D eigenvalue weighted by Crippen LogP contribution is 2.31. The molecular formula is C25H27N5. The van der Waals surface area contributed by atoms with Crippen molar-refractivity contribution in [2.24, 2.45) is 0 Å². The van der Waals surface area contributed by atoms with Crippen LogP contribution in [-0.2, 0) is 13.0 Å². The number of pyridine rings is 1. The van der Waals surface area contributed by atoms with E-state index in [1.54, 1.807) is 0 Å². The maximum Gasteiger partial charge on any atom is 0.136 e. The molecule has 5 rings (SSSR count). The van der Waals surface area contributed by atoms with Crippen LogP contribution in [-0.4, -0.2) is 19.3 Å². The third-order valence-electron chi connectivity index (χ3n) is 6.18. The fraction of sp³-hybridized carbons (Fsp3) is 0.280. The summed E-state index contributed by atoms with van der Waals surface area (Å²) in [5, 5.41) is 8.53. The fourth-order valence-corrected chi connectivity index (χ4v) is 4.36. The second kappa shape index (κ2) is 7.92. The van der Waals surface area contributed by atoms with Crippen molar-refractivity contribution in [1.82, 2.24) is 24.6 Å². The largest absolute Gasteiger partial charge is 0.304 e.